The highest BCUT2D eigenvalue weighted by atomic mass is 15.3. The van der Waals surface area contributed by atoms with Crippen LogP contribution in [0.15, 0.2) is 0 Å². The van der Waals surface area contributed by atoms with Crippen LogP contribution in [0, 0.1) is 0 Å². The molecule has 2 N–H and O–H groups in total. The third kappa shape index (κ3) is 2.27. The highest BCUT2D eigenvalue weighted by molar-refractivity contribution is 4.91. The Kier molecular flexibility index (Phi) is 3.56. The molecule has 1 heterocycles. The molecule has 2 atom stereocenters. The lowest BCUT2D eigenvalue weighted by molar-refractivity contribution is 0.00516. The van der Waals surface area contributed by atoms with Gasteiger partial charge >= 0.3 is 0 Å². The maximum atomic E-state index is 5.81. The van der Waals surface area contributed by atoms with Gasteiger partial charge in [-0.3, -0.25) is 9.80 Å². The van der Waals surface area contributed by atoms with Crippen LogP contribution in [0.1, 0.15) is 27.7 Å². The fourth-order valence-electron chi connectivity index (χ4n) is 2.03. The third-order valence-corrected chi connectivity index (χ3v) is 3.72. The summed E-state index contributed by atoms with van der Waals surface area (Å²) < 4.78 is 0. The van der Waals surface area contributed by atoms with Gasteiger partial charge in [-0.05, 0) is 34.7 Å². The molecule has 1 fully saturated rings. The van der Waals surface area contributed by atoms with E-state index in [4.69, 9.17) is 5.73 Å². The van der Waals surface area contributed by atoms with Crippen LogP contribution < -0.4 is 5.73 Å². The highest BCUT2D eigenvalue weighted by Crippen LogP contribution is 2.21. The van der Waals surface area contributed by atoms with Gasteiger partial charge in [0.2, 0.25) is 0 Å². The molecule has 0 bridgehead atoms. The minimum atomic E-state index is 0.143. The van der Waals surface area contributed by atoms with Crippen molar-refractivity contribution < 1.29 is 0 Å². The van der Waals surface area contributed by atoms with Gasteiger partial charge in [-0.1, -0.05) is 0 Å². The lowest BCUT2D eigenvalue weighted by Gasteiger charge is -2.48. The molecule has 0 aromatic carbocycles. The summed E-state index contributed by atoms with van der Waals surface area (Å²) in [5.74, 6) is 0. The van der Waals surface area contributed by atoms with Crippen molar-refractivity contribution in [2.75, 3.05) is 26.7 Å². The average Bonchev–Trinajstić information content (AvgIpc) is 2.13. The van der Waals surface area contributed by atoms with Gasteiger partial charge < -0.3 is 5.73 Å². The average molecular weight is 199 g/mol. The van der Waals surface area contributed by atoms with Gasteiger partial charge in [0, 0.05) is 37.3 Å². The van der Waals surface area contributed by atoms with Crippen LogP contribution >= 0.6 is 0 Å². The highest BCUT2D eigenvalue weighted by Gasteiger charge is 2.33. The molecule has 3 heteroatoms. The molecule has 0 aromatic heterocycles. The predicted molar refractivity (Wildman–Crippen MR) is 61.4 cm³/mol. The van der Waals surface area contributed by atoms with Crippen LogP contribution in [-0.2, 0) is 0 Å². The van der Waals surface area contributed by atoms with E-state index in [2.05, 4.69) is 44.5 Å². The van der Waals surface area contributed by atoms with Crippen LogP contribution in [0.4, 0.5) is 0 Å². The van der Waals surface area contributed by atoms with E-state index in [1.165, 1.54) is 0 Å². The topological polar surface area (TPSA) is 32.5 Å². The lowest BCUT2D eigenvalue weighted by Crippen LogP contribution is -2.62. The van der Waals surface area contributed by atoms with Crippen LogP contribution in [0.2, 0.25) is 0 Å². The Labute approximate surface area is 88.2 Å². The zero-order valence-corrected chi connectivity index (χ0v) is 10.2. The van der Waals surface area contributed by atoms with Gasteiger partial charge in [-0.25, -0.2) is 0 Å². The van der Waals surface area contributed by atoms with E-state index >= 15 is 0 Å². The Morgan fingerprint density at radius 3 is 2.00 bits per heavy atom. The van der Waals surface area contributed by atoms with E-state index in [9.17, 15) is 0 Å². The summed E-state index contributed by atoms with van der Waals surface area (Å²) in [7, 11) is 2.21. The molecule has 0 aliphatic carbocycles. The minimum Gasteiger partial charge on any atom is -0.329 e. The van der Waals surface area contributed by atoms with E-state index in [0.29, 0.717) is 12.1 Å². The Balaban J connectivity index is 2.66. The summed E-state index contributed by atoms with van der Waals surface area (Å²) in [6, 6.07) is 1.26. The number of rotatable bonds is 2. The molecule has 1 rings (SSSR count). The fraction of sp³-hybridized carbons (Fsp3) is 1.00. The number of likely N-dealkylation sites (N-methyl/N-ethyl adjacent to an activating group) is 1. The summed E-state index contributed by atoms with van der Waals surface area (Å²) in [4.78, 5) is 4.96. The number of piperazine rings is 1. The molecule has 0 radical (unpaired) electrons. The van der Waals surface area contributed by atoms with Gasteiger partial charge in [0.05, 0.1) is 0 Å². The second-order valence-corrected chi connectivity index (χ2v) is 5.29. The van der Waals surface area contributed by atoms with Gasteiger partial charge in [0.15, 0.2) is 0 Å². The Morgan fingerprint density at radius 1 is 1.21 bits per heavy atom. The second-order valence-electron chi connectivity index (χ2n) is 5.29. The minimum absolute atomic E-state index is 0.143. The summed E-state index contributed by atoms with van der Waals surface area (Å²) in [6.45, 7) is 12.0. The smallest absolute Gasteiger partial charge is 0.0276 e. The van der Waals surface area contributed by atoms with E-state index in [1.54, 1.807) is 0 Å². The lowest BCUT2D eigenvalue weighted by atomic mass is 9.98. The molecule has 0 aromatic rings. The SMILES string of the molecule is CC1CN(C(C)(C)CN)CC(C)N1C. The summed E-state index contributed by atoms with van der Waals surface area (Å²) in [5, 5.41) is 0. The normalized spacial score (nSPS) is 32.1. The van der Waals surface area contributed by atoms with Gasteiger partial charge in [0.1, 0.15) is 0 Å². The molecule has 1 aliphatic heterocycles. The molecule has 0 saturated carbocycles. The molecular weight excluding hydrogens is 174 g/mol. The molecule has 3 nitrogen and oxygen atoms in total. The van der Waals surface area contributed by atoms with E-state index < -0.39 is 0 Å². The second kappa shape index (κ2) is 4.17. The van der Waals surface area contributed by atoms with Crippen molar-refractivity contribution in [2.45, 2.75) is 45.3 Å². The zero-order chi connectivity index (χ0) is 10.9. The number of hydrogen-bond donors (Lipinski definition) is 1. The summed E-state index contributed by atoms with van der Waals surface area (Å²) in [6.07, 6.45) is 0. The molecule has 0 spiro atoms. The largest absolute Gasteiger partial charge is 0.329 e. The van der Waals surface area contributed by atoms with Crippen molar-refractivity contribution in [3.8, 4) is 0 Å². The van der Waals surface area contributed by atoms with E-state index in [-0.39, 0.29) is 5.54 Å². The maximum absolute atomic E-state index is 5.81. The van der Waals surface area contributed by atoms with Crippen molar-refractivity contribution in [1.29, 1.82) is 0 Å². The molecular formula is C11H25N3. The van der Waals surface area contributed by atoms with Crippen molar-refractivity contribution in [3.05, 3.63) is 0 Å². The zero-order valence-electron chi connectivity index (χ0n) is 10.2. The van der Waals surface area contributed by atoms with E-state index in [0.717, 1.165) is 19.6 Å². The molecule has 1 saturated heterocycles. The first-order chi connectivity index (χ1) is 6.38. The molecule has 2 unspecified atom stereocenters. The first kappa shape index (κ1) is 12.0. The van der Waals surface area contributed by atoms with Crippen molar-refractivity contribution >= 4 is 0 Å². The Morgan fingerprint density at radius 2 is 1.64 bits per heavy atom. The monoisotopic (exact) mass is 199 g/mol. The van der Waals surface area contributed by atoms with Gasteiger partial charge in [0.25, 0.3) is 0 Å². The van der Waals surface area contributed by atoms with Gasteiger partial charge in [-0.15, -0.1) is 0 Å². The quantitative estimate of drug-likeness (QED) is 0.712. The van der Waals surface area contributed by atoms with Crippen molar-refractivity contribution in [1.82, 2.24) is 9.80 Å². The van der Waals surface area contributed by atoms with Crippen LogP contribution in [0.3, 0.4) is 0 Å². The van der Waals surface area contributed by atoms with Crippen LogP contribution in [0.25, 0.3) is 0 Å². The number of hydrogen-bond acceptors (Lipinski definition) is 3. The predicted octanol–water partition coefficient (Wildman–Crippen LogP) is 0.748. The van der Waals surface area contributed by atoms with Crippen molar-refractivity contribution in [3.63, 3.8) is 0 Å². The Bertz CT molecular complexity index is 179. The molecule has 14 heavy (non-hydrogen) atoms. The number of nitrogens with two attached hydrogens (primary N) is 1. The molecule has 84 valence electrons. The van der Waals surface area contributed by atoms with Gasteiger partial charge in [-0.2, -0.15) is 0 Å². The number of nitrogens with zero attached hydrogens (tertiary/aromatic N) is 2. The Hall–Kier alpha value is -0.120. The van der Waals surface area contributed by atoms with E-state index in [1.807, 2.05) is 0 Å². The molecule has 1 aliphatic rings. The summed E-state index contributed by atoms with van der Waals surface area (Å²) >= 11 is 0. The molecule has 0 amide bonds. The standard InChI is InChI=1S/C11H25N3/c1-9-6-14(11(3,4)8-12)7-10(2)13(9)5/h9-10H,6-8,12H2,1-5H3. The van der Waals surface area contributed by atoms with Crippen LogP contribution in [-0.4, -0.2) is 54.1 Å². The maximum Gasteiger partial charge on any atom is 0.0276 e. The first-order valence-electron chi connectivity index (χ1n) is 5.55. The fourth-order valence-corrected chi connectivity index (χ4v) is 2.03. The third-order valence-electron chi connectivity index (χ3n) is 3.72. The van der Waals surface area contributed by atoms with Crippen molar-refractivity contribution in [2.24, 2.45) is 5.73 Å². The summed E-state index contributed by atoms with van der Waals surface area (Å²) in [5.41, 5.74) is 5.95. The van der Waals surface area contributed by atoms with Crippen LogP contribution in [0.5, 0.6) is 0 Å². The first-order valence-corrected chi connectivity index (χ1v) is 5.55.